The van der Waals surface area contributed by atoms with Crippen LogP contribution < -0.4 is 4.90 Å². The molecule has 0 fully saturated rings. The second-order valence-electron chi connectivity index (χ2n) is 15.9. The van der Waals surface area contributed by atoms with Crippen molar-refractivity contribution in [2.75, 3.05) is 11.9 Å². The summed E-state index contributed by atoms with van der Waals surface area (Å²) in [4.78, 5) is 10.5. The zero-order chi connectivity index (χ0) is 39.8. The Morgan fingerprint density at radius 2 is 0.967 bits per heavy atom. The molecule has 1 atom stereocenters. The fraction of sp³-hybridized carbons (Fsp3) is 0.0536. The molecule has 2 heterocycles. The summed E-state index contributed by atoms with van der Waals surface area (Å²) in [6, 6.07) is 77.1. The summed E-state index contributed by atoms with van der Waals surface area (Å²) in [6.45, 7) is 0. The summed E-state index contributed by atoms with van der Waals surface area (Å²) in [5, 5.41) is 1.21. The molecule has 1 aromatic heterocycles. The summed E-state index contributed by atoms with van der Waals surface area (Å²) in [7, 11) is 2.20. The van der Waals surface area contributed by atoms with Crippen molar-refractivity contribution in [2.45, 2.75) is 11.7 Å². The fourth-order valence-corrected chi connectivity index (χ4v) is 10.4. The number of allylic oxidation sites excluding steroid dienone is 1. The van der Waals surface area contributed by atoms with Crippen molar-refractivity contribution in [1.82, 2.24) is 9.47 Å². The Balaban J connectivity index is 1.21. The summed E-state index contributed by atoms with van der Waals surface area (Å²) in [6.07, 6.45) is 1.86. The minimum atomic E-state index is -0.553. The second kappa shape index (κ2) is 13.4. The van der Waals surface area contributed by atoms with Gasteiger partial charge in [-0.1, -0.05) is 170 Å². The molecule has 60 heavy (non-hydrogen) atoms. The van der Waals surface area contributed by atoms with Crippen LogP contribution in [0.4, 0.5) is 17.1 Å². The number of benzene rings is 8. The highest BCUT2D eigenvalue weighted by Crippen LogP contribution is 2.65. The molecule has 4 nitrogen and oxygen atoms in total. The number of para-hydroxylation sites is 2. The van der Waals surface area contributed by atoms with Crippen LogP contribution in [-0.2, 0) is 5.41 Å². The van der Waals surface area contributed by atoms with E-state index in [-0.39, 0.29) is 0 Å². The van der Waals surface area contributed by atoms with Gasteiger partial charge in [-0.15, -0.1) is 0 Å². The maximum absolute atomic E-state index is 5.73. The third kappa shape index (κ3) is 4.88. The number of hydrogen-bond acceptors (Lipinski definition) is 3. The molecule has 1 unspecified atom stereocenters. The van der Waals surface area contributed by atoms with Gasteiger partial charge in [0.05, 0.1) is 22.3 Å². The van der Waals surface area contributed by atoms with Gasteiger partial charge in [0, 0.05) is 46.3 Å². The van der Waals surface area contributed by atoms with Crippen molar-refractivity contribution < 1.29 is 0 Å². The van der Waals surface area contributed by atoms with Gasteiger partial charge in [0.15, 0.2) is 0 Å². The zero-order valence-corrected chi connectivity index (χ0v) is 33.2. The van der Waals surface area contributed by atoms with Crippen molar-refractivity contribution >= 4 is 39.4 Å². The molecule has 284 valence electrons. The van der Waals surface area contributed by atoms with Crippen molar-refractivity contribution in [3.8, 4) is 22.4 Å². The van der Waals surface area contributed by atoms with Gasteiger partial charge < -0.3 is 14.4 Å². The number of nitrogens with zero attached hydrogens (tertiary/aromatic N) is 4. The van der Waals surface area contributed by atoms with Gasteiger partial charge in [-0.05, 0) is 87.5 Å². The van der Waals surface area contributed by atoms with E-state index in [4.69, 9.17) is 4.99 Å². The van der Waals surface area contributed by atoms with Crippen LogP contribution in [0.1, 0.15) is 39.7 Å². The minimum Gasteiger partial charge on any atom is -0.335 e. The maximum Gasteiger partial charge on any atom is 0.203 e. The van der Waals surface area contributed by atoms with Gasteiger partial charge in [0.25, 0.3) is 0 Å². The maximum atomic E-state index is 5.73. The molecular formula is C56H40N4. The Labute approximate surface area is 350 Å². The van der Waals surface area contributed by atoms with Crippen LogP contribution >= 0.6 is 0 Å². The molecule has 0 amide bonds. The summed E-state index contributed by atoms with van der Waals surface area (Å²) < 4.78 is 2.54. The fourth-order valence-electron chi connectivity index (χ4n) is 10.4. The zero-order valence-electron chi connectivity index (χ0n) is 33.2. The van der Waals surface area contributed by atoms with E-state index >= 15 is 0 Å². The SMILES string of the molecule is CN1C(c2ccccc2)=CC(c2ccccc2)=NC1n1c2c(c3cc(N(c4ccccc4)c4ccccc4)ccc31)C1(c3ccccc3-c3ccccc31)c1ccccc1-2. The largest absolute Gasteiger partial charge is 0.335 e. The lowest BCUT2D eigenvalue weighted by atomic mass is 9.70. The van der Waals surface area contributed by atoms with Gasteiger partial charge >= 0.3 is 0 Å². The minimum absolute atomic E-state index is 0.396. The van der Waals surface area contributed by atoms with Gasteiger partial charge in [-0.3, -0.25) is 0 Å². The molecule has 0 saturated carbocycles. The van der Waals surface area contributed by atoms with E-state index in [0.29, 0.717) is 0 Å². The van der Waals surface area contributed by atoms with Crippen LogP contribution in [0, 0.1) is 0 Å². The third-order valence-corrected chi connectivity index (χ3v) is 12.8. The summed E-state index contributed by atoms with van der Waals surface area (Å²) in [5.74, 6) is 0. The lowest BCUT2D eigenvalue weighted by Crippen LogP contribution is -2.31. The molecule has 8 aromatic carbocycles. The molecular weight excluding hydrogens is 729 g/mol. The Hall–Kier alpha value is -7.69. The highest BCUT2D eigenvalue weighted by molar-refractivity contribution is 6.13. The third-order valence-electron chi connectivity index (χ3n) is 12.8. The number of hydrogen-bond donors (Lipinski definition) is 0. The molecule has 12 rings (SSSR count). The molecule has 1 spiro atoms. The molecule has 0 radical (unpaired) electrons. The Morgan fingerprint density at radius 3 is 1.55 bits per heavy atom. The molecule has 3 aliphatic rings. The number of aliphatic imine (C=N–C) groups is 1. The first-order valence-corrected chi connectivity index (χ1v) is 20.7. The number of fused-ring (bicyclic) bond motifs is 12. The predicted octanol–water partition coefficient (Wildman–Crippen LogP) is 13.4. The van der Waals surface area contributed by atoms with Crippen molar-refractivity contribution in [3.05, 3.63) is 252 Å². The van der Waals surface area contributed by atoms with Gasteiger partial charge in [0.1, 0.15) is 0 Å². The average molecular weight is 769 g/mol. The van der Waals surface area contributed by atoms with Crippen molar-refractivity contribution in [3.63, 3.8) is 0 Å². The van der Waals surface area contributed by atoms with Crippen molar-refractivity contribution in [2.24, 2.45) is 4.99 Å². The first kappa shape index (κ1) is 34.4. The highest BCUT2D eigenvalue weighted by atomic mass is 15.4. The quantitative estimate of drug-likeness (QED) is 0.168. The highest BCUT2D eigenvalue weighted by Gasteiger charge is 2.54. The number of aromatic nitrogens is 1. The van der Waals surface area contributed by atoms with Crippen LogP contribution in [-0.4, -0.2) is 22.2 Å². The predicted molar refractivity (Wildman–Crippen MR) is 247 cm³/mol. The van der Waals surface area contributed by atoms with E-state index in [1.165, 1.54) is 50.0 Å². The number of anilines is 3. The first-order chi connectivity index (χ1) is 29.7. The topological polar surface area (TPSA) is 23.8 Å². The summed E-state index contributed by atoms with van der Waals surface area (Å²) in [5.41, 5.74) is 18.5. The molecule has 4 heteroatoms. The Morgan fingerprint density at radius 1 is 0.483 bits per heavy atom. The van der Waals surface area contributed by atoms with E-state index in [1.807, 2.05) is 0 Å². The monoisotopic (exact) mass is 768 g/mol. The van der Waals surface area contributed by atoms with Crippen LogP contribution in [0.25, 0.3) is 39.0 Å². The molecule has 0 saturated heterocycles. The molecule has 0 bridgehead atoms. The molecule has 9 aromatic rings. The van der Waals surface area contributed by atoms with Crippen LogP contribution in [0.2, 0.25) is 0 Å². The van der Waals surface area contributed by atoms with E-state index in [1.54, 1.807) is 0 Å². The van der Waals surface area contributed by atoms with Crippen molar-refractivity contribution in [1.29, 1.82) is 0 Å². The Bertz CT molecular complexity index is 3080. The molecule has 2 aliphatic carbocycles. The Kier molecular flexibility index (Phi) is 7.69. The lowest BCUT2D eigenvalue weighted by Gasteiger charge is -2.35. The van der Waals surface area contributed by atoms with E-state index in [0.717, 1.165) is 45.1 Å². The van der Waals surface area contributed by atoms with Gasteiger partial charge in [-0.25, -0.2) is 4.99 Å². The first-order valence-electron chi connectivity index (χ1n) is 20.7. The van der Waals surface area contributed by atoms with E-state index in [9.17, 15) is 0 Å². The normalized spacial score (nSPS) is 15.6. The van der Waals surface area contributed by atoms with E-state index < -0.39 is 11.7 Å². The molecule has 0 N–H and O–H groups in total. The molecule has 1 aliphatic heterocycles. The van der Waals surface area contributed by atoms with Crippen LogP contribution in [0.5, 0.6) is 0 Å². The smallest absolute Gasteiger partial charge is 0.203 e. The van der Waals surface area contributed by atoms with Gasteiger partial charge in [-0.2, -0.15) is 0 Å². The van der Waals surface area contributed by atoms with Gasteiger partial charge in [0.2, 0.25) is 6.29 Å². The lowest BCUT2D eigenvalue weighted by molar-refractivity contribution is 0.278. The average Bonchev–Trinajstić information content (AvgIpc) is 3.92. The van der Waals surface area contributed by atoms with Crippen LogP contribution in [0.3, 0.4) is 0 Å². The van der Waals surface area contributed by atoms with Crippen LogP contribution in [0.15, 0.2) is 223 Å². The standard InChI is InChI=1S/C56H40N4/c1-58-52(39-22-8-3-9-23-39)37-50(38-20-6-2-7-21-38)57-55(58)60-51-35-34-42(59(40-24-10-4-11-25-40)41-26-12-5-13-27-41)36-46(51)53-54(60)45-30-16-19-33-49(45)56(53)47-31-17-14-28-43(47)44-29-15-18-32-48(44)56/h2-37,55H,1H3. The number of rotatable bonds is 6. The van der Waals surface area contributed by atoms with E-state index in [2.05, 4.69) is 240 Å². The summed E-state index contributed by atoms with van der Waals surface area (Å²) >= 11 is 0. The second-order valence-corrected chi connectivity index (χ2v) is 15.9.